The molecule has 2 unspecified atom stereocenters. The van der Waals surface area contributed by atoms with Crippen LogP contribution in [0.25, 0.3) is 0 Å². The van der Waals surface area contributed by atoms with E-state index in [9.17, 15) is 9.59 Å². The molecule has 3 N–H and O–H groups in total. The Hall–Kier alpha value is -1.88. The number of carbonyl (C=O) groups excluding carboxylic acids is 1. The first kappa shape index (κ1) is 14.5. The van der Waals surface area contributed by atoms with Crippen molar-refractivity contribution >= 4 is 11.9 Å². The third-order valence-corrected chi connectivity index (χ3v) is 3.61. The summed E-state index contributed by atoms with van der Waals surface area (Å²) < 4.78 is 0. The average Bonchev–Trinajstić information content (AvgIpc) is 2.42. The number of aliphatic carboxylic acids is 1. The summed E-state index contributed by atoms with van der Waals surface area (Å²) in [5, 5.41) is 14.8. The van der Waals surface area contributed by atoms with Crippen LogP contribution in [0.3, 0.4) is 0 Å². The molecule has 0 heterocycles. The summed E-state index contributed by atoms with van der Waals surface area (Å²) in [4.78, 5) is 22.1. The lowest BCUT2D eigenvalue weighted by molar-refractivity contribution is -0.141. The van der Waals surface area contributed by atoms with Gasteiger partial charge in [0.2, 0.25) is 5.91 Å². The molecule has 2 atom stereocenters. The van der Waals surface area contributed by atoms with Gasteiger partial charge in [0.15, 0.2) is 0 Å². The van der Waals surface area contributed by atoms with Crippen LogP contribution in [-0.4, -0.2) is 29.6 Å². The van der Waals surface area contributed by atoms with E-state index in [1.165, 1.54) is 18.1 Å². The van der Waals surface area contributed by atoms with Crippen molar-refractivity contribution < 1.29 is 14.7 Å². The molecule has 0 aromatic heterocycles. The summed E-state index contributed by atoms with van der Waals surface area (Å²) in [6, 6.07) is 7.50. The molecule has 0 fully saturated rings. The smallest absolute Gasteiger partial charge is 0.327 e. The van der Waals surface area contributed by atoms with Crippen LogP contribution in [0.1, 0.15) is 36.9 Å². The van der Waals surface area contributed by atoms with Crippen LogP contribution in [0.2, 0.25) is 0 Å². The van der Waals surface area contributed by atoms with Gasteiger partial charge in [-0.05, 0) is 30.4 Å². The van der Waals surface area contributed by atoms with Gasteiger partial charge in [0, 0.05) is 19.5 Å². The van der Waals surface area contributed by atoms with E-state index in [0.717, 1.165) is 19.3 Å². The fraction of sp³-hybridized carbons (Fsp3) is 0.467. The first-order valence-electron chi connectivity index (χ1n) is 6.89. The highest BCUT2D eigenvalue weighted by Gasteiger charge is 2.23. The van der Waals surface area contributed by atoms with E-state index >= 15 is 0 Å². The highest BCUT2D eigenvalue weighted by atomic mass is 16.4. The molecule has 0 radical (unpaired) electrons. The van der Waals surface area contributed by atoms with Crippen molar-refractivity contribution in [3.8, 4) is 0 Å². The van der Waals surface area contributed by atoms with Gasteiger partial charge in [-0.2, -0.15) is 0 Å². The van der Waals surface area contributed by atoms with Crippen molar-refractivity contribution in [2.45, 2.75) is 38.3 Å². The molecule has 1 aliphatic rings. The van der Waals surface area contributed by atoms with Crippen molar-refractivity contribution in [2.24, 2.45) is 0 Å². The molecule has 1 aromatic carbocycles. The van der Waals surface area contributed by atoms with Crippen LogP contribution >= 0.6 is 0 Å². The second-order valence-electron chi connectivity index (χ2n) is 5.14. The first-order chi connectivity index (χ1) is 9.58. The van der Waals surface area contributed by atoms with Gasteiger partial charge in [-0.1, -0.05) is 24.3 Å². The highest BCUT2D eigenvalue weighted by Crippen LogP contribution is 2.29. The molecule has 5 nitrogen and oxygen atoms in total. The van der Waals surface area contributed by atoms with Crippen LogP contribution < -0.4 is 10.6 Å². The number of carbonyl (C=O) groups is 2. The van der Waals surface area contributed by atoms with E-state index < -0.39 is 12.0 Å². The molecular formula is C15H20N2O3. The third-order valence-electron chi connectivity index (χ3n) is 3.61. The summed E-state index contributed by atoms with van der Waals surface area (Å²) in [7, 11) is 0. The predicted octanol–water partition coefficient (Wildman–Crippen LogP) is 1.24. The lowest BCUT2D eigenvalue weighted by Crippen LogP contribution is -2.47. The topological polar surface area (TPSA) is 78.4 Å². The molecule has 108 valence electrons. The summed E-state index contributed by atoms with van der Waals surface area (Å²) in [6.45, 7) is 1.56. The number of carboxylic acids is 1. The Labute approximate surface area is 118 Å². The van der Waals surface area contributed by atoms with Gasteiger partial charge in [0.1, 0.15) is 6.04 Å². The van der Waals surface area contributed by atoms with Gasteiger partial charge in [-0.3, -0.25) is 4.79 Å². The number of aryl methyl sites for hydroxylation is 1. The fourth-order valence-corrected chi connectivity index (χ4v) is 2.67. The zero-order valence-electron chi connectivity index (χ0n) is 11.6. The number of fused-ring (bicyclic) bond motifs is 1. The molecule has 20 heavy (non-hydrogen) atoms. The molecule has 0 aliphatic heterocycles. The van der Waals surface area contributed by atoms with Gasteiger partial charge in [0.05, 0.1) is 0 Å². The number of benzene rings is 1. The largest absolute Gasteiger partial charge is 0.480 e. The molecule has 2 rings (SSSR count). The van der Waals surface area contributed by atoms with Crippen LogP contribution in [0.15, 0.2) is 24.3 Å². The maximum absolute atomic E-state index is 11.1. The van der Waals surface area contributed by atoms with Crippen molar-refractivity contribution in [1.82, 2.24) is 10.6 Å². The van der Waals surface area contributed by atoms with Crippen molar-refractivity contribution in [3.63, 3.8) is 0 Å². The number of carboxylic acid groups (broad SMARTS) is 1. The fourth-order valence-electron chi connectivity index (χ4n) is 2.67. The summed E-state index contributed by atoms with van der Waals surface area (Å²) in [6.07, 6.45) is 3.15. The van der Waals surface area contributed by atoms with Crippen molar-refractivity contribution in [3.05, 3.63) is 35.4 Å². The lowest BCUT2D eigenvalue weighted by atomic mass is 9.87. The molecule has 5 heteroatoms. The summed E-state index contributed by atoms with van der Waals surface area (Å²) in [5.74, 6) is -1.35. The Morgan fingerprint density at radius 1 is 1.40 bits per heavy atom. The van der Waals surface area contributed by atoms with E-state index in [2.05, 4.69) is 22.8 Å². The minimum absolute atomic E-state index is 0.163. The van der Waals surface area contributed by atoms with Gasteiger partial charge < -0.3 is 15.7 Å². The second-order valence-corrected chi connectivity index (χ2v) is 5.14. The van der Waals surface area contributed by atoms with Crippen LogP contribution in [0.5, 0.6) is 0 Å². The Bertz CT molecular complexity index is 502. The average molecular weight is 276 g/mol. The Morgan fingerprint density at radius 3 is 2.85 bits per heavy atom. The standard InChI is InChI=1S/C15H20N2O3/c1-10(18)17-14(15(19)20)9-16-13-8-4-6-11-5-2-3-7-12(11)13/h2-3,5,7,13-14,16H,4,6,8-9H2,1H3,(H,17,18)(H,19,20). The van der Waals surface area contributed by atoms with E-state index in [1.54, 1.807) is 0 Å². The zero-order valence-corrected chi connectivity index (χ0v) is 11.6. The maximum atomic E-state index is 11.1. The van der Waals surface area contributed by atoms with Crippen LogP contribution in [0.4, 0.5) is 0 Å². The van der Waals surface area contributed by atoms with Crippen molar-refractivity contribution in [2.75, 3.05) is 6.54 Å². The highest BCUT2D eigenvalue weighted by molar-refractivity contribution is 5.82. The van der Waals surface area contributed by atoms with Gasteiger partial charge in [-0.25, -0.2) is 4.79 Å². The quantitative estimate of drug-likeness (QED) is 0.756. The van der Waals surface area contributed by atoms with Gasteiger partial charge in [0.25, 0.3) is 0 Å². The minimum Gasteiger partial charge on any atom is -0.480 e. The number of amides is 1. The molecule has 0 saturated heterocycles. The van der Waals surface area contributed by atoms with Crippen LogP contribution in [-0.2, 0) is 16.0 Å². The monoisotopic (exact) mass is 276 g/mol. The van der Waals surface area contributed by atoms with Gasteiger partial charge in [-0.15, -0.1) is 0 Å². The SMILES string of the molecule is CC(=O)NC(CNC1CCCc2ccccc21)C(=O)O. The van der Waals surface area contributed by atoms with E-state index in [-0.39, 0.29) is 18.5 Å². The van der Waals surface area contributed by atoms with Crippen LogP contribution in [0, 0.1) is 0 Å². The molecular weight excluding hydrogens is 256 g/mol. The Morgan fingerprint density at radius 2 is 2.15 bits per heavy atom. The summed E-state index contributed by atoms with van der Waals surface area (Å²) >= 11 is 0. The number of nitrogens with one attached hydrogen (secondary N) is 2. The first-order valence-corrected chi connectivity index (χ1v) is 6.89. The Balaban J connectivity index is 2.00. The zero-order chi connectivity index (χ0) is 14.5. The normalized spacial score (nSPS) is 18.9. The van der Waals surface area contributed by atoms with Crippen molar-refractivity contribution in [1.29, 1.82) is 0 Å². The summed E-state index contributed by atoms with van der Waals surface area (Å²) in [5.41, 5.74) is 2.56. The molecule has 1 aliphatic carbocycles. The number of hydrogen-bond acceptors (Lipinski definition) is 3. The molecule has 1 aromatic rings. The molecule has 0 saturated carbocycles. The molecule has 0 bridgehead atoms. The minimum atomic E-state index is -1.02. The number of hydrogen-bond donors (Lipinski definition) is 3. The van der Waals surface area contributed by atoms with E-state index in [0.29, 0.717) is 0 Å². The lowest BCUT2D eigenvalue weighted by Gasteiger charge is -2.27. The third kappa shape index (κ3) is 3.57. The Kier molecular flexibility index (Phi) is 4.74. The predicted molar refractivity (Wildman–Crippen MR) is 75.4 cm³/mol. The van der Waals surface area contributed by atoms with Gasteiger partial charge >= 0.3 is 5.97 Å². The van der Waals surface area contributed by atoms with E-state index in [1.807, 2.05) is 12.1 Å². The molecule has 1 amide bonds. The molecule has 0 spiro atoms. The van der Waals surface area contributed by atoms with E-state index in [4.69, 9.17) is 5.11 Å². The maximum Gasteiger partial charge on any atom is 0.327 e. The number of rotatable bonds is 5. The second kappa shape index (κ2) is 6.52.